The lowest BCUT2D eigenvalue weighted by Crippen LogP contribution is -2.28. The molecule has 0 aliphatic rings. The van der Waals surface area contributed by atoms with E-state index >= 15 is 0 Å². The number of anilines is 2. The molecule has 3 rings (SSSR count). The minimum atomic E-state index is -0.384. The molecule has 0 bridgehead atoms. The number of hydrogen-bond donors (Lipinski definition) is 2. The number of nitrogens with two attached hydrogens (primary N) is 1. The Morgan fingerprint density at radius 2 is 2.19 bits per heavy atom. The molecule has 0 radical (unpaired) electrons. The highest BCUT2D eigenvalue weighted by molar-refractivity contribution is 8.00. The Morgan fingerprint density at radius 3 is 2.78 bits per heavy atom. The largest absolute Gasteiger partial charge is 0.464 e. The molecule has 0 aliphatic carbocycles. The van der Waals surface area contributed by atoms with Gasteiger partial charge in [-0.3, -0.25) is 14.6 Å². The number of nitrogens with zero attached hydrogens (tertiary/aromatic N) is 5. The van der Waals surface area contributed by atoms with Crippen LogP contribution in [0.2, 0.25) is 0 Å². The molecule has 0 saturated carbocycles. The summed E-state index contributed by atoms with van der Waals surface area (Å²) in [5, 5.41) is 25.3. The number of thioether (sulfide) groups is 1. The number of carbonyl (C=O) groups is 1. The number of nitrogens with one attached hydrogen (secondary N) is 1. The van der Waals surface area contributed by atoms with E-state index < -0.39 is 0 Å². The molecule has 0 saturated heterocycles. The van der Waals surface area contributed by atoms with E-state index in [0.717, 1.165) is 11.8 Å². The maximum absolute atomic E-state index is 12.1. The third-order valence-corrected chi connectivity index (χ3v) is 4.33. The maximum atomic E-state index is 12.1. The first-order chi connectivity index (χ1) is 13.0. The standard InChI is InChI=1S/C16H11N7O3S/c1-23-7-13(26-22-23)20-12(24)8-27-16-10(6-18)14(11-3-2-4-25-11)9(5-17)15(19)21-16/h2-4,7H,8H2,1H3,(H2-,19,20,21,22,24)/p+1. The van der Waals surface area contributed by atoms with Crippen molar-refractivity contribution < 1.29 is 18.4 Å². The first-order valence-corrected chi connectivity index (χ1v) is 8.45. The minimum absolute atomic E-state index is 0.0458. The number of pyridine rings is 1. The van der Waals surface area contributed by atoms with Crippen molar-refractivity contribution >= 4 is 29.4 Å². The molecule has 134 valence electrons. The highest BCUT2D eigenvalue weighted by atomic mass is 32.2. The maximum Gasteiger partial charge on any atom is 0.302 e. The van der Waals surface area contributed by atoms with Crippen molar-refractivity contribution in [3.63, 3.8) is 0 Å². The van der Waals surface area contributed by atoms with Gasteiger partial charge in [-0.2, -0.15) is 10.5 Å². The Kier molecular flexibility index (Phi) is 5.06. The Hall–Kier alpha value is -3.83. The van der Waals surface area contributed by atoms with E-state index in [9.17, 15) is 15.3 Å². The van der Waals surface area contributed by atoms with Crippen LogP contribution in [-0.4, -0.2) is 21.9 Å². The molecule has 0 atom stereocenters. The Bertz CT molecular complexity index is 1080. The van der Waals surface area contributed by atoms with Gasteiger partial charge in [-0.25, -0.2) is 4.98 Å². The zero-order valence-corrected chi connectivity index (χ0v) is 14.8. The lowest BCUT2D eigenvalue weighted by atomic mass is 10.0. The van der Waals surface area contributed by atoms with Crippen LogP contribution in [0.4, 0.5) is 11.7 Å². The topological polar surface area (TPSA) is 159 Å². The minimum Gasteiger partial charge on any atom is -0.464 e. The number of carbonyl (C=O) groups excluding carboxylic acids is 1. The number of hydrogen-bond acceptors (Lipinski definition) is 9. The fourth-order valence-corrected chi connectivity index (χ4v) is 3.05. The van der Waals surface area contributed by atoms with E-state index in [2.05, 4.69) is 15.6 Å². The molecule has 0 spiro atoms. The van der Waals surface area contributed by atoms with Gasteiger partial charge >= 0.3 is 5.88 Å². The van der Waals surface area contributed by atoms with Gasteiger partial charge in [0, 0.05) is 0 Å². The Balaban J connectivity index is 1.89. The summed E-state index contributed by atoms with van der Waals surface area (Å²) in [5.41, 5.74) is 6.28. The summed E-state index contributed by atoms with van der Waals surface area (Å²) in [5.74, 6) is 0.0116. The second-order valence-corrected chi connectivity index (χ2v) is 6.17. The zero-order chi connectivity index (χ0) is 19.4. The number of furan rings is 1. The van der Waals surface area contributed by atoms with Crippen molar-refractivity contribution in [2.24, 2.45) is 7.05 Å². The second-order valence-electron chi connectivity index (χ2n) is 5.20. The van der Waals surface area contributed by atoms with Crippen molar-refractivity contribution in [1.29, 1.82) is 10.5 Å². The van der Waals surface area contributed by atoms with Gasteiger partial charge in [0.25, 0.3) is 6.20 Å². The second kappa shape index (κ2) is 7.59. The van der Waals surface area contributed by atoms with Crippen LogP contribution in [0.15, 0.2) is 38.6 Å². The van der Waals surface area contributed by atoms with Crippen LogP contribution in [0.1, 0.15) is 11.1 Å². The number of amides is 1. The number of rotatable bonds is 5. The van der Waals surface area contributed by atoms with Gasteiger partial charge in [0.05, 0.1) is 23.1 Å². The molecule has 0 unspecified atom stereocenters. The van der Waals surface area contributed by atoms with Crippen molar-refractivity contribution in [2.45, 2.75) is 5.03 Å². The van der Waals surface area contributed by atoms with Crippen molar-refractivity contribution in [3.05, 3.63) is 35.7 Å². The van der Waals surface area contributed by atoms with E-state index in [1.807, 2.05) is 12.1 Å². The molecule has 11 heteroatoms. The summed E-state index contributed by atoms with van der Waals surface area (Å²) < 4.78 is 11.6. The van der Waals surface area contributed by atoms with Crippen molar-refractivity contribution in [2.75, 3.05) is 16.8 Å². The summed E-state index contributed by atoms with van der Waals surface area (Å²) in [7, 11) is 1.65. The Morgan fingerprint density at radius 1 is 1.41 bits per heavy atom. The zero-order valence-electron chi connectivity index (χ0n) is 14.0. The number of nitrogen functional groups attached to an aromatic ring is 1. The third kappa shape index (κ3) is 3.73. The molecule has 3 heterocycles. The molecule has 0 fully saturated rings. The van der Waals surface area contributed by atoms with Gasteiger partial charge in [-0.05, 0) is 12.1 Å². The van der Waals surface area contributed by atoms with Crippen LogP contribution >= 0.6 is 11.8 Å². The van der Waals surface area contributed by atoms with Crippen LogP contribution < -0.4 is 15.7 Å². The SMILES string of the molecule is C[n+]1cc(NC(=O)CSc2nc(N)c(C#N)c(-c3ccco3)c2C#N)on1. The lowest BCUT2D eigenvalue weighted by Gasteiger charge is -2.10. The quantitative estimate of drug-likeness (QED) is 0.488. The molecule has 3 aromatic heterocycles. The summed E-state index contributed by atoms with van der Waals surface area (Å²) >= 11 is 1.00. The van der Waals surface area contributed by atoms with Gasteiger partial charge < -0.3 is 10.2 Å². The average Bonchev–Trinajstić information content (AvgIpc) is 3.31. The smallest absolute Gasteiger partial charge is 0.302 e. The first kappa shape index (κ1) is 18.0. The monoisotopic (exact) mass is 382 g/mol. The van der Waals surface area contributed by atoms with Crippen LogP contribution in [0.3, 0.4) is 0 Å². The normalized spacial score (nSPS) is 10.2. The van der Waals surface area contributed by atoms with Crippen molar-refractivity contribution in [3.8, 4) is 23.5 Å². The predicted molar refractivity (Wildman–Crippen MR) is 92.8 cm³/mol. The van der Waals surface area contributed by atoms with Crippen LogP contribution in [0, 0.1) is 22.7 Å². The molecule has 3 N–H and O–H groups in total. The predicted octanol–water partition coefficient (Wildman–Crippen LogP) is 1.21. The van der Waals surface area contributed by atoms with E-state index in [1.54, 1.807) is 19.2 Å². The van der Waals surface area contributed by atoms with Gasteiger partial charge in [-0.15, -0.1) is 0 Å². The summed E-state index contributed by atoms with van der Waals surface area (Å²) in [6.45, 7) is 0. The van der Waals surface area contributed by atoms with E-state index in [-0.39, 0.29) is 45.1 Å². The molecular formula is C16H12N7O3S+. The summed E-state index contributed by atoms with van der Waals surface area (Å²) in [6.07, 6.45) is 2.92. The summed E-state index contributed by atoms with van der Waals surface area (Å²) in [6, 6.07) is 7.21. The van der Waals surface area contributed by atoms with Gasteiger partial charge in [0.2, 0.25) is 5.91 Å². The van der Waals surface area contributed by atoms with Gasteiger partial charge in [-0.1, -0.05) is 16.4 Å². The molecule has 27 heavy (non-hydrogen) atoms. The molecule has 10 nitrogen and oxygen atoms in total. The molecular weight excluding hydrogens is 370 g/mol. The average molecular weight is 382 g/mol. The van der Waals surface area contributed by atoms with E-state index in [0.29, 0.717) is 5.76 Å². The third-order valence-electron chi connectivity index (χ3n) is 3.36. The summed E-state index contributed by atoms with van der Waals surface area (Å²) in [4.78, 5) is 16.2. The van der Waals surface area contributed by atoms with E-state index in [4.69, 9.17) is 14.7 Å². The van der Waals surface area contributed by atoms with Gasteiger partial charge in [0.15, 0.2) is 12.3 Å². The van der Waals surface area contributed by atoms with Gasteiger partial charge in [0.1, 0.15) is 34.3 Å². The molecule has 0 aliphatic heterocycles. The fourth-order valence-electron chi connectivity index (χ4n) is 2.26. The number of aromatic nitrogens is 3. The lowest BCUT2D eigenvalue weighted by molar-refractivity contribution is -0.739. The molecule has 0 aromatic carbocycles. The van der Waals surface area contributed by atoms with Crippen LogP contribution in [0.25, 0.3) is 11.3 Å². The first-order valence-electron chi connectivity index (χ1n) is 7.46. The fraction of sp³-hybridized carbons (Fsp3) is 0.125. The van der Waals surface area contributed by atoms with Crippen molar-refractivity contribution in [1.82, 2.24) is 10.3 Å². The van der Waals surface area contributed by atoms with E-state index in [1.165, 1.54) is 17.1 Å². The highest BCUT2D eigenvalue weighted by Gasteiger charge is 2.23. The number of aryl methyl sites for hydroxylation is 1. The van der Waals surface area contributed by atoms with Crippen LogP contribution in [0.5, 0.6) is 0 Å². The number of nitriles is 2. The molecule has 1 amide bonds. The molecule has 3 aromatic rings. The highest BCUT2D eigenvalue weighted by Crippen LogP contribution is 2.35. The van der Waals surface area contributed by atoms with Crippen LogP contribution in [-0.2, 0) is 11.8 Å². The Labute approximate surface area is 157 Å².